The molecule has 3 aliphatic rings. The van der Waals surface area contributed by atoms with Crippen LogP contribution in [-0.2, 0) is 56.1 Å². The molecule has 1 aromatic heterocycles. The lowest BCUT2D eigenvalue weighted by molar-refractivity contribution is -0.318. The maximum atomic E-state index is 14.5. The van der Waals surface area contributed by atoms with E-state index in [1.807, 2.05) is 37.7 Å². The summed E-state index contributed by atoms with van der Waals surface area (Å²) in [5.41, 5.74) is -3.42. The second-order valence-corrected chi connectivity index (χ2v) is 24.1. The lowest BCUT2D eigenvalue weighted by Gasteiger charge is -2.49. The van der Waals surface area contributed by atoms with Gasteiger partial charge in [-0.25, -0.2) is 26.6 Å². The molecule has 3 fully saturated rings. The maximum absolute atomic E-state index is 14.5. The maximum Gasteiger partial charge on any atom is 0.311 e. The zero-order valence-electron chi connectivity index (χ0n) is 46.2. The lowest BCUT2D eigenvalue weighted by atomic mass is 9.77. The number of ether oxygens (including phenoxy) is 6. The van der Waals surface area contributed by atoms with E-state index >= 15 is 0 Å². The Bertz CT molecular complexity index is 2220. The SMILES string of the molecule is CC[C@H]1OC(=O)[C@H](C)[C@@H](O[C@H]2C[C@@](C)(OC)[C@@H](O)[C@H](C)O2)[C@H](C)[C@@H](O[C@@H]2O[C@H](C)C[C@H](N(C)CCc3cn([C@H](CF)Cc4ccc(S(=O)(=O)NCCF)cc4)nn3)[C@H]2O)[C@](C)(O)C[C@@H](C)CN(C)[C@H](C)[C@@H](O)[C@]1(C)O. The normalized spacial score (nSPS) is 38.7. The first kappa shape index (κ1) is 63.0. The Morgan fingerprint density at radius 1 is 0.987 bits per heavy atom. The quantitative estimate of drug-likeness (QED) is 0.117. The van der Waals surface area contributed by atoms with Gasteiger partial charge in [-0.1, -0.05) is 38.1 Å². The molecule has 0 bridgehead atoms. The van der Waals surface area contributed by atoms with E-state index in [9.17, 15) is 47.5 Å². The van der Waals surface area contributed by atoms with Crippen LogP contribution in [0.4, 0.5) is 8.78 Å². The summed E-state index contributed by atoms with van der Waals surface area (Å²) >= 11 is 0. The van der Waals surface area contributed by atoms with Crippen LogP contribution in [0.2, 0.25) is 0 Å². The summed E-state index contributed by atoms with van der Waals surface area (Å²) in [6.45, 7) is 16.1. The summed E-state index contributed by atoms with van der Waals surface area (Å²) in [6.07, 6.45) is -7.53. The number of methoxy groups -OCH3 is 1. The van der Waals surface area contributed by atoms with Gasteiger partial charge in [0.05, 0.1) is 58.2 Å². The number of benzene rings is 1. The van der Waals surface area contributed by atoms with Crippen LogP contribution in [0.25, 0.3) is 0 Å². The number of hydrogen-bond acceptors (Lipinski definition) is 18. The third-order valence-corrected chi connectivity index (χ3v) is 17.5. The van der Waals surface area contributed by atoms with Gasteiger partial charge in [0.2, 0.25) is 10.0 Å². The smallest absolute Gasteiger partial charge is 0.311 e. The minimum Gasteiger partial charge on any atom is -0.459 e. The van der Waals surface area contributed by atoms with Crippen LogP contribution >= 0.6 is 0 Å². The van der Waals surface area contributed by atoms with Crippen molar-refractivity contribution in [3.8, 4) is 0 Å². The zero-order valence-corrected chi connectivity index (χ0v) is 47.0. The highest BCUT2D eigenvalue weighted by atomic mass is 32.2. The molecular weight excluding hydrogens is 1000 g/mol. The number of aliphatic hydroxyl groups excluding tert-OH is 3. The van der Waals surface area contributed by atoms with Crippen molar-refractivity contribution >= 4 is 16.0 Å². The molecule has 0 unspecified atom stereocenters. The number of sulfonamides is 1. The molecule has 0 spiro atoms. The molecule has 1 aromatic carbocycles. The highest BCUT2D eigenvalue weighted by Gasteiger charge is 2.53. The van der Waals surface area contributed by atoms with Gasteiger partial charge in [-0.05, 0) is 112 Å². The Balaban J connectivity index is 1.41. The number of nitrogens with one attached hydrogen (secondary N) is 1. The highest BCUT2D eigenvalue weighted by molar-refractivity contribution is 7.89. The van der Waals surface area contributed by atoms with Crippen LogP contribution in [0.5, 0.6) is 0 Å². The Morgan fingerprint density at radius 2 is 1.65 bits per heavy atom. The van der Waals surface area contributed by atoms with Crippen molar-refractivity contribution in [1.82, 2.24) is 29.5 Å². The molecule has 0 aliphatic carbocycles. The standard InChI is InChI=1S/C52H88F2N6O14S/c1-14-41-52(10,66)45(62)34(6)59(12)28-30(2)25-50(8,65)47(32(4)44(33(5)48(64)72-41)73-42-26-51(9,69-13)46(63)35(7)71-42)74-49-43(61)40(23-31(3)70-49)58(11)22-19-37-29-60(57-56-37)38(27-54)24-36-15-17-39(18-16-36)75(67,68)55-21-20-53/h15-18,29-35,38,40-47,49,55,61-63,65-66H,14,19-28H2,1-13H3/t30-,31-,32+,33-,34-,35+,38+,40+,41-,42+,43-,44+,45-,46+,47-,49+,50-,51-,52-/m1/s1. The summed E-state index contributed by atoms with van der Waals surface area (Å²) < 4.78 is 93.7. The van der Waals surface area contributed by atoms with E-state index in [1.54, 1.807) is 66.8 Å². The molecule has 0 radical (unpaired) electrons. The molecule has 0 amide bonds. The second-order valence-electron chi connectivity index (χ2n) is 22.4. The monoisotopic (exact) mass is 1090 g/mol. The molecule has 430 valence electrons. The molecule has 4 heterocycles. The van der Waals surface area contributed by atoms with Crippen molar-refractivity contribution in [2.75, 3.05) is 54.2 Å². The summed E-state index contributed by atoms with van der Waals surface area (Å²) in [5.74, 6) is -2.95. The van der Waals surface area contributed by atoms with Crippen LogP contribution in [0.15, 0.2) is 35.4 Å². The van der Waals surface area contributed by atoms with Crippen molar-refractivity contribution in [3.63, 3.8) is 0 Å². The topological polar surface area (TPSA) is 257 Å². The minimum atomic E-state index is -3.89. The number of nitrogens with zero attached hydrogens (tertiary/aromatic N) is 5. The first-order valence-electron chi connectivity index (χ1n) is 26.4. The molecular formula is C52H88F2N6O14S. The van der Waals surface area contributed by atoms with E-state index in [4.69, 9.17) is 28.4 Å². The number of likely N-dealkylation sites (N-methyl/N-ethyl adjacent to an activating group) is 2. The van der Waals surface area contributed by atoms with Crippen LogP contribution in [0, 0.1) is 17.8 Å². The van der Waals surface area contributed by atoms with Gasteiger partial charge in [0.15, 0.2) is 12.6 Å². The molecule has 3 aliphatic heterocycles. The van der Waals surface area contributed by atoms with Crippen LogP contribution < -0.4 is 4.72 Å². The Labute approximate surface area is 442 Å². The van der Waals surface area contributed by atoms with Gasteiger partial charge in [-0.15, -0.1) is 5.10 Å². The average Bonchev–Trinajstić information content (AvgIpc) is 3.84. The first-order valence-corrected chi connectivity index (χ1v) is 27.9. The van der Waals surface area contributed by atoms with Gasteiger partial charge in [0.25, 0.3) is 0 Å². The van der Waals surface area contributed by atoms with E-state index in [2.05, 4.69) is 15.0 Å². The van der Waals surface area contributed by atoms with Gasteiger partial charge < -0.3 is 63.8 Å². The van der Waals surface area contributed by atoms with E-state index in [1.165, 1.54) is 30.8 Å². The number of alkyl halides is 2. The fraction of sp³-hybridized carbons (Fsp3) is 0.827. The van der Waals surface area contributed by atoms with Gasteiger partial charge >= 0.3 is 5.97 Å². The number of aromatic nitrogens is 3. The van der Waals surface area contributed by atoms with Crippen molar-refractivity contribution in [2.24, 2.45) is 17.8 Å². The second kappa shape index (κ2) is 26.4. The van der Waals surface area contributed by atoms with Crippen LogP contribution in [0.1, 0.15) is 112 Å². The molecule has 2 aromatic rings. The fourth-order valence-electron chi connectivity index (χ4n) is 11.3. The number of rotatable bonds is 18. The average molecular weight is 1090 g/mol. The first-order chi connectivity index (χ1) is 35.0. The Hall–Kier alpha value is -2.88. The number of hydrogen-bond donors (Lipinski definition) is 6. The third kappa shape index (κ3) is 15.3. The summed E-state index contributed by atoms with van der Waals surface area (Å²) in [5, 5.41) is 68.2. The van der Waals surface area contributed by atoms with E-state index in [0.717, 1.165) is 0 Å². The molecule has 75 heavy (non-hydrogen) atoms. The molecule has 3 saturated heterocycles. The number of cyclic esters (lactones) is 1. The van der Waals surface area contributed by atoms with Gasteiger partial charge in [0, 0.05) is 63.8 Å². The van der Waals surface area contributed by atoms with Crippen molar-refractivity contribution in [2.45, 2.75) is 209 Å². The molecule has 23 heteroatoms. The lowest BCUT2D eigenvalue weighted by Crippen LogP contribution is -2.61. The van der Waals surface area contributed by atoms with Crippen molar-refractivity contribution < 1.29 is 75.9 Å². The van der Waals surface area contributed by atoms with Crippen LogP contribution in [-0.4, -0.2) is 209 Å². The predicted octanol–water partition coefficient (Wildman–Crippen LogP) is 3.11. The Kier molecular flexibility index (Phi) is 22.1. The number of aliphatic hydroxyl groups is 5. The van der Waals surface area contributed by atoms with Gasteiger partial charge in [-0.3, -0.25) is 4.79 Å². The summed E-state index contributed by atoms with van der Waals surface area (Å²) in [6, 6.07) is 4.05. The van der Waals surface area contributed by atoms with E-state index in [0.29, 0.717) is 37.2 Å². The predicted molar refractivity (Wildman–Crippen MR) is 273 cm³/mol. The largest absolute Gasteiger partial charge is 0.459 e. The number of carbonyl (C=O) groups is 1. The summed E-state index contributed by atoms with van der Waals surface area (Å²) in [4.78, 5) is 18.3. The van der Waals surface area contributed by atoms with Crippen molar-refractivity contribution in [1.29, 1.82) is 0 Å². The number of esters is 1. The fourth-order valence-corrected chi connectivity index (χ4v) is 12.3. The third-order valence-electron chi connectivity index (χ3n) is 16.0. The van der Waals surface area contributed by atoms with Crippen LogP contribution in [0.3, 0.4) is 0 Å². The Morgan fingerprint density at radius 3 is 2.27 bits per heavy atom. The van der Waals surface area contributed by atoms with Gasteiger partial charge in [-0.2, -0.15) is 0 Å². The molecule has 0 saturated carbocycles. The number of carbonyl (C=O) groups excluding carboxylic acids is 1. The molecule has 5 rings (SSSR count). The summed E-state index contributed by atoms with van der Waals surface area (Å²) in [7, 11) is 1.26. The minimum absolute atomic E-state index is 0.0351. The molecule has 20 nitrogen and oxygen atoms in total. The highest BCUT2D eigenvalue weighted by Crippen LogP contribution is 2.40. The molecule has 6 N–H and O–H groups in total. The van der Waals surface area contributed by atoms with E-state index in [-0.39, 0.29) is 43.0 Å². The molecule has 19 atom stereocenters. The zero-order chi connectivity index (χ0) is 56.0. The van der Waals surface area contributed by atoms with E-state index < -0.39 is 138 Å². The van der Waals surface area contributed by atoms with Crippen molar-refractivity contribution in [3.05, 3.63) is 41.7 Å². The van der Waals surface area contributed by atoms with Gasteiger partial charge in [0.1, 0.15) is 43.4 Å². The number of halogens is 2.